The van der Waals surface area contributed by atoms with Gasteiger partial charge >= 0.3 is 0 Å². The number of pyridine rings is 1. The number of carbonyl (C=O) groups excluding carboxylic acids is 1. The van der Waals surface area contributed by atoms with Gasteiger partial charge in [-0.25, -0.2) is 0 Å². The highest BCUT2D eigenvalue weighted by atomic mass is 16.5. The minimum atomic E-state index is -0.291. The van der Waals surface area contributed by atoms with Gasteiger partial charge in [-0.3, -0.25) is 14.7 Å². The van der Waals surface area contributed by atoms with Gasteiger partial charge < -0.3 is 15.0 Å². The van der Waals surface area contributed by atoms with E-state index in [0.717, 1.165) is 38.0 Å². The number of amides is 1. The molecule has 4 rings (SSSR count). The molecule has 0 aromatic carbocycles. The van der Waals surface area contributed by atoms with Gasteiger partial charge in [0.1, 0.15) is 6.10 Å². The van der Waals surface area contributed by atoms with Crippen molar-refractivity contribution in [1.82, 2.24) is 20.1 Å². The van der Waals surface area contributed by atoms with Crippen LogP contribution in [0.4, 0.5) is 0 Å². The van der Waals surface area contributed by atoms with Gasteiger partial charge in [-0.2, -0.15) is 0 Å². The van der Waals surface area contributed by atoms with Crippen molar-refractivity contribution in [3.8, 4) is 0 Å². The Morgan fingerprint density at radius 1 is 1.23 bits per heavy atom. The van der Waals surface area contributed by atoms with Gasteiger partial charge in [0.15, 0.2) is 0 Å². The van der Waals surface area contributed by atoms with Crippen LogP contribution >= 0.6 is 0 Å². The molecule has 1 aromatic heterocycles. The Bertz CT molecular complexity index is 591. The summed E-state index contributed by atoms with van der Waals surface area (Å²) in [5.41, 5.74) is 1.02. The van der Waals surface area contributed by atoms with Crippen LogP contribution in [-0.2, 0) is 16.1 Å². The second-order valence-electron chi connectivity index (χ2n) is 7.88. The van der Waals surface area contributed by atoms with Crippen LogP contribution in [0.3, 0.4) is 0 Å². The van der Waals surface area contributed by atoms with E-state index in [4.69, 9.17) is 4.74 Å². The molecule has 0 saturated carbocycles. The Balaban J connectivity index is 1.21. The molecule has 3 saturated heterocycles. The van der Waals surface area contributed by atoms with Crippen molar-refractivity contribution < 1.29 is 9.53 Å². The lowest BCUT2D eigenvalue weighted by Crippen LogP contribution is -2.45. The second kappa shape index (κ2) is 8.46. The maximum absolute atomic E-state index is 12.5. The van der Waals surface area contributed by atoms with Gasteiger partial charge in [-0.15, -0.1) is 0 Å². The third kappa shape index (κ3) is 4.42. The first kappa shape index (κ1) is 17.9. The standard InChI is InChI=1S/C20H30N4O2/c25-20(22-14-16-4-3-6-21-13-16)18-12-17-5-9-24(15-19(17)26-18)11-10-23-7-1-2-8-23/h3-4,6,13,17-19H,1-2,5,7-12,14-15H2,(H,22,25)/t17-,18-,19+/m0/s1. The number of carbonyl (C=O) groups is 1. The van der Waals surface area contributed by atoms with Gasteiger partial charge in [0.05, 0.1) is 6.10 Å². The van der Waals surface area contributed by atoms with Crippen molar-refractivity contribution >= 4 is 5.91 Å². The fourth-order valence-electron chi connectivity index (χ4n) is 4.46. The Morgan fingerprint density at radius 3 is 2.88 bits per heavy atom. The molecule has 3 atom stereocenters. The number of fused-ring (bicyclic) bond motifs is 1. The highest BCUT2D eigenvalue weighted by Gasteiger charge is 2.41. The van der Waals surface area contributed by atoms with E-state index in [9.17, 15) is 4.79 Å². The minimum absolute atomic E-state index is 0.0202. The number of nitrogens with one attached hydrogen (secondary N) is 1. The van der Waals surface area contributed by atoms with E-state index >= 15 is 0 Å². The van der Waals surface area contributed by atoms with E-state index in [2.05, 4.69) is 20.1 Å². The van der Waals surface area contributed by atoms with Crippen LogP contribution in [0.2, 0.25) is 0 Å². The van der Waals surface area contributed by atoms with E-state index in [0.29, 0.717) is 12.5 Å². The number of nitrogens with zero attached hydrogens (tertiary/aromatic N) is 3. The lowest BCUT2D eigenvalue weighted by Gasteiger charge is -2.34. The maximum atomic E-state index is 12.5. The molecule has 1 amide bonds. The van der Waals surface area contributed by atoms with Crippen molar-refractivity contribution in [1.29, 1.82) is 0 Å². The van der Waals surface area contributed by atoms with Gasteiger partial charge in [0, 0.05) is 38.6 Å². The molecule has 6 heteroatoms. The average Bonchev–Trinajstić information content (AvgIpc) is 3.34. The average molecular weight is 358 g/mol. The summed E-state index contributed by atoms with van der Waals surface area (Å²) in [4.78, 5) is 21.6. The summed E-state index contributed by atoms with van der Waals surface area (Å²) in [6, 6.07) is 3.86. The van der Waals surface area contributed by atoms with Gasteiger partial charge in [-0.1, -0.05) is 6.07 Å². The number of hydrogen-bond acceptors (Lipinski definition) is 5. The molecular weight excluding hydrogens is 328 g/mol. The molecule has 1 N–H and O–H groups in total. The molecule has 142 valence electrons. The van der Waals surface area contributed by atoms with Gasteiger partial charge in [0.25, 0.3) is 0 Å². The zero-order chi connectivity index (χ0) is 17.8. The molecule has 1 aromatic rings. The predicted octanol–water partition coefficient (Wildman–Crippen LogP) is 1.27. The first-order chi connectivity index (χ1) is 12.8. The minimum Gasteiger partial charge on any atom is -0.364 e. The maximum Gasteiger partial charge on any atom is 0.249 e. The Labute approximate surface area is 155 Å². The molecule has 3 fully saturated rings. The molecule has 0 unspecified atom stereocenters. The molecule has 0 radical (unpaired) electrons. The molecule has 3 aliphatic heterocycles. The quantitative estimate of drug-likeness (QED) is 0.830. The summed E-state index contributed by atoms with van der Waals surface area (Å²) < 4.78 is 6.13. The Hall–Kier alpha value is -1.50. The normalized spacial score (nSPS) is 29.6. The highest BCUT2D eigenvalue weighted by molar-refractivity contribution is 5.81. The number of likely N-dealkylation sites (tertiary alicyclic amines) is 2. The topological polar surface area (TPSA) is 57.7 Å². The molecule has 26 heavy (non-hydrogen) atoms. The molecular formula is C20H30N4O2. The smallest absolute Gasteiger partial charge is 0.249 e. The fourth-order valence-corrected chi connectivity index (χ4v) is 4.46. The predicted molar refractivity (Wildman–Crippen MR) is 99.6 cm³/mol. The molecule has 6 nitrogen and oxygen atoms in total. The van der Waals surface area contributed by atoms with E-state index in [-0.39, 0.29) is 18.1 Å². The van der Waals surface area contributed by atoms with Crippen molar-refractivity contribution in [3.05, 3.63) is 30.1 Å². The summed E-state index contributed by atoms with van der Waals surface area (Å²) in [6.07, 6.45) is 8.17. The van der Waals surface area contributed by atoms with E-state index in [1.807, 2.05) is 12.1 Å². The van der Waals surface area contributed by atoms with Crippen LogP contribution < -0.4 is 5.32 Å². The monoisotopic (exact) mass is 358 g/mol. The zero-order valence-corrected chi connectivity index (χ0v) is 15.5. The summed E-state index contributed by atoms with van der Waals surface area (Å²) in [7, 11) is 0. The summed E-state index contributed by atoms with van der Waals surface area (Å²) in [6.45, 7) is 7.46. The van der Waals surface area contributed by atoms with E-state index in [1.54, 1.807) is 12.4 Å². The van der Waals surface area contributed by atoms with Crippen LogP contribution in [0, 0.1) is 5.92 Å². The lowest BCUT2D eigenvalue weighted by molar-refractivity contribution is -0.133. The third-order valence-corrected chi connectivity index (χ3v) is 6.05. The fraction of sp³-hybridized carbons (Fsp3) is 0.700. The lowest BCUT2D eigenvalue weighted by atomic mass is 9.91. The number of ether oxygens (including phenoxy) is 1. The Kier molecular flexibility index (Phi) is 5.82. The molecule has 0 spiro atoms. The SMILES string of the molecule is O=C(NCc1cccnc1)[C@@H]1C[C@@H]2CCN(CCN3CCCC3)C[C@H]2O1. The first-order valence-electron chi connectivity index (χ1n) is 10.0. The van der Waals surface area contributed by atoms with Gasteiger partial charge in [-0.05, 0) is 62.9 Å². The summed E-state index contributed by atoms with van der Waals surface area (Å²) in [5, 5.41) is 3.00. The highest BCUT2D eigenvalue weighted by Crippen LogP contribution is 2.33. The van der Waals surface area contributed by atoms with E-state index < -0.39 is 0 Å². The zero-order valence-electron chi connectivity index (χ0n) is 15.5. The first-order valence-corrected chi connectivity index (χ1v) is 10.0. The summed E-state index contributed by atoms with van der Waals surface area (Å²) >= 11 is 0. The Morgan fingerprint density at radius 2 is 2.08 bits per heavy atom. The van der Waals surface area contributed by atoms with Crippen LogP contribution in [0.15, 0.2) is 24.5 Å². The summed E-state index contributed by atoms with van der Waals surface area (Å²) in [5.74, 6) is 0.555. The van der Waals surface area contributed by atoms with Crippen molar-refractivity contribution in [2.45, 2.75) is 44.4 Å². The molecule has 3 aliphatic rings. The molecule has 0 aliphatic carbocycles. The van der Waals surface area contributed by atoms with Crippen molar-refractivity contribution in [2.75, 3.05) is 39.3 Å². The van der Waals surface area contributed by atoms with Crippen LogP contribution in [-0.4, -0.2) is 72.2 Å². The van der Waals surface area contributed by atoms with Gasteiger partial charge in [0.2, 0.25) is 5.91 Å². The van der Waals surface area contributed by atoms with Crippen LogP contribution in [0.1, 0.15) is 31.2 Å². The third-order valence-electron chi connectivity index (χ3n) is 6.05. The number of rotatable bonds is 6. The number of piperidine rings is 1. The van der Waals surface area contributed by atoms with E-state index in [1.165, 1.54) is 32.5 Å². The number of hydrogen-bond donors (Lipinski definition) is 1. The van der Waals surface area contributed by atoms with Crippen LogP contribution in [0.5, 0.6) is 0 Å². The van der Waals surface area contributed by atoms with Crippen LogP contribution in [0.25, 0.3) is 0 Å². The van der Waals surface area contributed by atoms with Crippen molar-refractivity contribution in [2.24, 2.45) is 5.92 Å². The molecule has 0 bridgehead atoms. The second-order valence-corrected chi connectivity index (χ2v) is 7.88. The largest absolute Gasteiger partial charge is 0.364 e. The van der Waals surface area contributed by atoms with Crippen molar-refractivity contribution in [3.63, 3.8) is 0 Å². The number of aromatic nitrogens is 1. The molecule has 4 heterocycles.